The number of rotatable bonds is 2. The summed E-state index contributed by atoms with van der Waals surface area (Å²) in [6.45, 7) is 3.85. The molecule has 2 aliphatic rings. The first-order valence-electron chi connectivity index (χ1n) is 10.8. The number of alkyl halides is 3. The van der Waals surface area contributed by atoms with Crippen molar-refractivity contribution in [3.8, 4) is 0 Å². The molecule has 5 heterocycles. The Hall–Kier alpha value is -3.58. The molecule has 2 aliphatic heterocycles. The van der Waals surface area contributed by atoms with Crippen LogP contribution < -0.4 is 0 Å². The number of hydrogen-bond acceptors (Lipinski definition) is 4. The van der Waals surface area contributed by atoms with E-state index in [9.17, 15) is 13.2 Å². The molecule has 1 fully saturated rings. The molecule has 0 aliphatic carbocycles. The lowest BCUT2D eigenvalue weighted by molar-refractivity contribution is -0.137. The van der Waals surface area contributed by atoms with Gasteiger partial charge in [-0.3, -0.25) is 9.08 Å². The predicted molar refractivity (Wildman–Crippen MR) is 120 cm³/mol. The molecule has 6 nitrogen and oxygen atoms in total. The lowest BCUT2D eigenvalue weighted by Crippen LogP contribution is -2.41. The second kappa shape index (κ2) is 8.08. The molecule has 3 aromatic rings. The van der Waals surface area contributed by atoms with Gasteiger partial charge in [0.15, 0.2) is 0 Å². The first-order chi connectivity index (χ1) is 15.8. The maximum absolute atomic E-state index is 13.3. The third-order valence-corrected chi connectivity index (χ3v) is 6.04. The van der Waals surface area contributed by atoms with Crippen molar-refractivity contribution in [2.24, 2.45) is 18.0 Å². The van der Waals surface area contributed by atoms with Crippen LogP contribution in [-0.2, 0) is 13.2 Å². The van der Waals surface area contributed by atoms with E-state index in [1.807, 2.05) is 30.1 Å². The summed E-state index contributed by atoms with van der Waals surface area (Å²) in [7, 11) is 1.91. The summed E-state index contributed by atoms with van der Waals surface area (Å²) in [4.78, 5) is 11.3. The third-order valence-electron chi connectivity index (χ3n) is 6.04. The molecule has 0 amide bonds. The van der Waals surface area contributed by atoms with E-state index in [0.29, 0.717) is 28.9 Å². The monoisotopic (exact) mass is 452 g/mol. The highest BCUT2D eigenvalue weighted by Gasteiger charge is 2.31. The van der Waals surface area contributed by atoms with Gasteiger partial charge in [0, 0.05) is 38.4 Å². The number of allylic oxidation sites excluding steroid dienone is 2. The second-order valence-corrected chi connectivity index (χ2v) is 8.67. The van der Waals surface area contributed by atoms with Crippen LogP contribution in [0.15, 0.2) is 65.9 Å². The number of aromatic nitrogens is 4. The summed E-state index contributed by atoms with van der Waals surface area (Å²) in [5.74, 6) is 1.54. The van der Waals surface area contributed by atoms with Crippen molar-refractivity contribution < 1.29 is 13.2 Å². The number of fused-ring (bicyclic) bond motifs is 1. The average Bonchev–Trinajstić information content (AvgIpc) is 3.31. The Balaban J connectivity index is 1.49. The number of aliphatic imine (C=N–C) groups is 1. The van der Waals surface area contributed by atoms with Gasteiger partial charge in [0.05, 0.1) is 23.7 Å². The standard InChI is InChI=1S/C24H23F3N6/c1-16-9-17(18-10-29-31(2)13-18)14-32(12-16)23-6-4-3-5-20(30-23)21-11-28-22-8-7-19(15-33(21)22)24(25,26)27/h3-4,6-8,10-11,13,15-17H,9,12,14H2,1-2H3/t16-,17+/m0/s1. The predicted octanol–water partition coefficient (Wildman–Crippen LogP) is 4.68. The SMILES string of the molecule is C[C@H]1C[C@@H](c2cnn(C)c2)CN(C2=NC(c3cnc4ccc(C(F)(F)F)cn34)=C=CC=C2)C1. The number of amidine groups is 1. The molecule has 3 aromatic heterocycles. The molecule has 1 saturated heterocycles. The first kappa shape index (κ1) is 21.3. The fourth-order valence-corrected chi connectivity index (χ4v) is 4.51. The fraction of sp³-hybridized carbons (Fsp3) is 0.333. The number of aryl methyl sites for hydroxylation is 1. The zero-order valence-electron chi connectivity index (χ0n) is 18.3. The van der Waals surface area contributed by atoms with E-state index in [4.69, 9.17) is 4.99 Å². The van der Waals surface area contributed by atoms with Crippen LogP contribution in [0.3, 0.4) is 0 Å². The Bertz CT molecular complexity index is 1320. The highest BCUT2D eigenvalue weighted by atomic mass is 19.4. The lowest BCUT2D eigenvalue weighted by atomic mass is 9.86. The summed E-state index contributed by atoms with van der Waals surface area (Å²) in [5, 5.41) is 4.31. The zero-order valence-corrected chi connectivity index (χ0v) is 18.3. The Morgan fingerprint density at radius 1 is 1.12 bits per heavy atom. The zero-order chi connectivity index (χ0) is 23.2. The highest BCUT2D eigenvalue weighted by Crippen LogP contribution is 2.32. The molecule has 0 bridgehead atoms. The van der Waals surface area contributed by atoms with E-state index in [0.717, 1.165) is 37.6 Å². The quantitative estimate of drug-likeness (QED) is 0.531. The normalized spacial score (nSPS) is 21.3. The van der Waals surface area contributed by atoms with Gasteiger partial charge in [-0.25, -0.2) is 9.98 Å². The molecule has 0 N–H and O–H groups in total. The van der Waals surface area contributed by atoms with Gasteiger partial charge in [0.1, 0.15) is 17.2 Å². The van der Waals surface area contributed by atoms with E-state index in [-0.39, 0.29) is 0 Å². The molecule has 5 rings (SSSR count). The molecule has 0 aromatic carbocycles. The molecule has 2 atom stereocenters. The van der Waals surface area contributed by atoms with Crippen LogP contribution >= 0.6 is 0 Å². The summed E-state index contributed by atoms with van der Waals surface area (Å²) in [6.07, 6.45) is 8.68. The van der Waals surface area contributed by atoms with E-state index < -0.39 is 11.7 Å². The highest BCUT2D eigenvalue weighted by molar-refractivity contribution is 5.97. The van der Waals surface area contributed by atoms with Gasteiger partial charge in [0.2, 0.25) is 0 Å². The Labute approximate surface area is 189 Å². The van der Waals surface area contributed by atoms with Crippen LogP contribution in [0.25, 0.3) is 11.3 Å². The van der Waals surface area contributed by atoms with Gasteiger partial charge in [-0.05, 0) is 42.2 Å². The van der Waals surface area contributed by atoms with E-state index >= 15 is 0 Å². The van der Waals surface area contributed by atoms with Gasteiger partial charge in [-0.15, -0.1) is 0 Å². The second-order valence-electron chi connectivity index (χ2n) is 8.67. The number of imidazole rings is 1. The van der Waals surface area contributed by atoms with E-state index in [1.165, 1.54) is 22.2 Å². The Morgan fingerprint density at radius 3 is 2.73 bits per heavy atom. The molecule has 0 radical (unpaired) electrons. The minimum Gasteiger partial charge on any atom is -0.356 e. The number of hydrogen-bond donors (Lipinski definition) is 0. The molecule has 0 unspecified atom stereocenters. The van der Waals surface area contributed by atoms with Crippen LogP contribution in [0.1, 0.15) is 36.1 Å². The van der Waals surface area contributed by atoms with Crippen molar-refractivity contribution >= 4 is 17.2 Å². The summed E-state index contributed by atoms with van der Waals surface area (Å²) in [5.41, 5.74) is 4.88. The van der Waals surface area contributed by atoms with Gasteiger partial charge in [0.25, 0.3) is 0 Å². The minimum atomic E-state index is -4.44. The molecule has 0 spiro atoms. The van der Waals surface area contributed by atoms with Crippen LogP contribution in [0.2, 0.25) is 0 Å². The summed E-state index contributed by atoms with van der Waals surface area (Å²) >= 11 is 0. The maximum atomic E-state index is 13.3. The molecular formula is C24H23F3N6. The number of halogens is 3. The molecule has 0 saturated carbocycles. The third kappa shape index (κ3) is 4.24. The van der Waals surface area contributed by atoms with Crippen molar-refractivity contribution in [1.82, 2.24) is 24.1 Å². The molecule has 33 heavy (non-hydrogen) atoms. The number of piperidine rings is 1. The molecule has 9 heteroatoms. The average molecular weight is 452 g/mol. The van der Waals surface area contributed by atoms with E-state index in [1.54, 1.807) is 6.08 Å². The van der Waals surface area contributed by atoms with Crippen molar-refractivity contribution in [2.75, 3.05) is 13.1 Å². The largest absolute Gasteiger partial charge is 0.417 e. The Morgan fingerprint density at radius 2 is 1.97 bits per heavy atom. The summed E-state index contributed by atoms with van der Waals surface area (Å²) < 4.78 is 43.0. The smallest absolute Gasteiger partial charge is 0.356 e. The number of pyridine rings is 1. The minimum absolute atomic E-state index is 0.326. The van der Waals surface area contributed by atoms with Crippen molar-refractivity contribution in [1.29, 1.82) is 0 Å². The number of nitrogens with zero attached hydrogens (tertiary/aromatic N) is 6. The topological polar surface area (TPSA) is 50.7 Å². The first-order valence-corrected chi connectivity index (χ1v) is 10.8. The van der Waals surface area contributed by atoms with Crippen molar-refractivity contribution in [3.05, 3.63) is 77.7 Å². The van der Waals surface area contributed by atoms with Gasteiger partial charge in [-0.2, -0.15) is 18.3 Å². The van der Waals surface area contributed by atoms with Crippen molar-refractivity contribution in [3.63, 3.8) is 0 Å². The van der Waals surface area contributed by atoms with E-state index in [2.05, 4.69) is 33.8 Å². The van der Waals surface area contributed by atoms with Gasteiger partial charge >= 0.3 is 6.18 Å². The Kier molecular flexibility index (Phi) is 5.21. The lowest BCUT2D eigenvalue weighted by Gasteiger charge is -2.37. The molecule has 170 valence electrons. The van der Waals surface area contributed by atoms with Crippen LogP contribution in [-0.4, -0.2) is 43.0 Å². The van der Waals surface area contributed by atoms with Crippen LogP contribution in [0, 0.1) is 5.92 Å². The maximum Gasteiger partial charge on any atom is 0.417 e. The van der Waals surface area contributed by atoms with Crippen LogP contribution in [0.4, 0.5) is 13.2 Å². The fourth-order valence-electron chi connectivity index (χ4n) is 4.51. The van der Waals surface area contributed by atoms with Gasteiger partial charge in [-0.1, -0.05) is 18.7 Å². The van der Waals surface area contributed by atoms with Crippen LogP contribution in [0.5, 0.6) is 0 Å². The molecular weight excluding hydrogens is 429 g/mol. The van der Waals surface area contributed by atoms with Gasteiger partial charge < -0.3 is 4.90 Å². The van der Waals surface area contributed by atoms with Crippen molar-refractivity contribution in [2.45, 2.75) is 25.4 Å². The summed E-state index contributed by atoms with van der Waals surface area (Å²) in [6, 6.07) is 2.40. The number of likely N-dealkylation sites (tertiary alicyclic amines) is 1.